The maximum Gasteiger partial charge on any atom is 0.387 e. The second-order valence-corrected chi connectivity index (χ2v) is 3.08. The van der Waals surface area contributed by atoms with Crippen molar-refractivity contribution in [2.24, 2.45) is 0 Å². The molecule has 6 heteroatoms. The lowest BCUT2D eigenvalue weighted by Gasteiger charge is -2.09. The molecule has 0 aliphatic carbocycles. The largest absolute Gasteiger partial charge is 0.433 e. The third-order valence-corrected chi connectivity index (χ3v) is 1.93. The zero-order valence-electron chi connectivity index (χ0n) is 8.47. The predicted octanol–water partition coefficient (Wildman–Crippen LogP) is 2.18. The minimum atomic E-state index is -2.86. The van der Waals surface area contributed by atoms with E-state index in [1.807, 2.05) is 0 Å². The molecule has 0 N–H and O–H groups in total. The van der Waals surface area contributed by atoms with Gasteiger partial charge in [0.15, 0.2) is 5.75 Å². The van der Waals surface area contributed by atoms with Crippen LogP contribution in [0, 0.1) is 6.92 Å². The lowest BCUT2D eigenvalue weighted by atomic mass is 10.3. The molecule has 1 aromatic heterocycles. The first-order valence-corrected chi connectivity index (χ1v) is 4.59. The number of alkyl halides is 2. The first kappa shape index (κ1) is 10.5. The summed E-state index contributed by atoms with van der Waals surface area (Å²) in [4.78, 5) is 3.92. The molecule has 0 radical (unpaired) electrons. The van der Waals surface area contributed by atoms with Crippen LogP contribution < -0.4 is 4.74 Å². The van der Waals surface area contributed by atoms with Gasteiger partial charge < -0.3 is 4.74 Å². The van der Waals surface area contributed by atoms with Crippen molar-refractivity contribution < 1.29 is 13.5 Å². The lowest BCUT2D eigenvalue weighted by molar-refractivity contribution is -0.0499. The molecule has 1 heterocycles. The van der Waals surface area contributed by atoms with E-state index < -0.39 is 6.61 Å². The second-order valence-electron chi connectivity index (χ2n) is 3.08. The number of aromatic nitrogens is 3. The molecule has 0 amide bonds. The Morgan fingerprint density at radius 2 is 2.06 bits per heavy atom. The van der Waals surface area contributed by atoms with Crippen LogP contribution in [0.25, 0.3) is 5.69 Å². The molecule has 2 aromatic rings. The molecule has 84 valence electrons. The number of nitrogens with zero attached hydrogens (tertiary/aromatic N) is 3. The highest BCUT2D eigenvalue weighted by Gasteiger charge is 2.11. The third kappa shape index (κ3) is 2.16. The van der Waals surface area contributed by atoms with Crippen LogP contribution in [-0.4, -0.2) is 21.4 Å². The standard InChI is InChI=1S/C10H9F2N3O/c1-7-13-6-15(14-7)8-4-2-3-5-9(8)16-10(11)12/h2-6,10H,1H3. The molecule has 0 atom stereocenters. The van der Waals surface area contributed by atoms with Crippen molar-refractivity contribution in [3.63, 3.8) is 0 Å². The van der Waals surface area contributed by atoms with Crippen molar-refractivity contribution in [1.82, 2.24) is 14.8 Å². The zero-order chi connectivity index (χ0) is 11.5. The molecule has 0 aliphatic heterocycles. The van der Waals surface area contributed by atoms with Crippen LogP contribution in [0.15, 0.2) is 30.6 Å². The van der Waals surface area contributed by atoms with Gasteiger partial charge in [0.1, 0.15) is 17.8 Å². The van der Waals surface area contributed by atoms with Crippen LogP contribution in [-0.2, 0) is 0 Å². The number of aryl methyl sites for hydroxylation is 1. The first-order chi connectivity index (χ1) is 7.66. The highest BCUT2D eigenvalue weighted by atomic mass is 19.3. The van der Waals surface area contributed by atoms with Gasteiger partial charge in [0.05, 0.1) is 0 Å². The van der Waals surface area contributed by atoms with E-state index in [1.165, 1.54) is 17.1 Å². The van der Waals surface area contributed by atoms with Gasteiger partial charge in [-0.15, -0.1) is 0 Å². The molecule has 0 saturated heterocycles. The average molecular weight is 225 g/mol. The number of hydrogen-bond acceptors (Lipinski definition) is 3. The van der Waals surface area contributed by atoms with Gasteiger partial charge in [0.2, 0.25) is 0 Å². The van der Waals surface area contributed by atoms with Crippen LogP contribution in [0.4, 0.5) is 8.78 Å². The van der Waals surface area contributed by atoms with E-state index >= 15 is 0 Å². The molecule has 4 nitrogen and oxygen atoms in total. The van der Waals surface area contributed by atoms with Crippen molar-refractivity contribution in [1.29, 1.82) is 0 Å². The predicted molar refractivity (Wildman–Crippen MR) is 52.7 cm³/mol. The highest BCUT2D eigenvalue weighted by Crippen LogP contribution is 2.23. The minimum absolute atomic E-state index is 0.0717. The Labute approximate surface area is 90.5 Å². The molecule has 16 heavy (non-hydrogen) atoms. The quantitative estimate of drug-likeness (QED) is 0.803. The van der Waals surface area contributed by atoms with Gasteiger partial charge in [-0.25, -0.2) is 9.67 Å². The Bertz CT molecular complexity index is 484. The van der Waals surface area contributed by atoms with E-state index in [2.05, 4.69) is 14.8 Å². The summed E-state index contributed by atoms with van der Waals surface area (Å²) in [5, 5.41) is 4.03. The van der Waals surface area contributed by atoms with Crippen LogP contribution in [0.2, 0.25) is 0 Å². The third-order valence-electron chi connectivity index (χ3n) is 1.93. The maximum absolute atomic E-state index is 12.2. The fourth-order valence-electron chi connectivity index (χ4n) is 1.30. The molecular weight excluding hydrogens is 216 g/mol. The van der Waals surface area contributed by atoms with Crippen molar-refractivity contribution >= 4 is 0 Å². The van der Waals surface area contributed by atoms with E-state index in [0.717, 1.165) is 0 Å². The normalized spacial score (nSPS) is 10.8. The van der Waals surface area contributed by atoms with Crippen LogP contribution in [0.1, 0.15) is 5.82 Å². The number of benzene rings is 1. The zero-order valence-corrected chi connectivity index (χ0v) is 8.47. The summed E-state index contributed by atoms with van der Waals surface area (Å²) < 4.78 is 30.1. The summed E-state index contributed by atoms with van der Waals surface area (Å²) in [5.41, 5.74) is 0.434. The Morgan fingerprint density at radius 3 is 2.69 bits per heavy atom. The summed E-state index contributed by atoms with van der Waals surface area (Å²) in [7, 11) is 0. The number of ether oxygens (including phenoxy) is 1. The maximum atomic E-state index is 12.2. The molecule has 0 saturated carbocycles. The summed E-state index contributed by atoms with van der Waals surface area (Å²) in [6.45, 7) is -1.14. The molecule has 2 rings (SSSR count). The Morgan fingerprint density at radius 1 is 1.31 bits per heavy atom. The van der Waals surface area contributed by atoms with Gasteiger partial charge in [0.25, 0.3) is 0 Å². The van der Waals surface area contributed by atoms with E-state index in [1.54, 1.807) is 25.1 Å². The van der Waals surface area contributed by atoms with Crippen LogP contribution in [0.3, 0.4) is 0 Å². The van der Waals surface area contributed by atoms with Crippen molar-refractivity contribution in [3.05, 3.63) is 36.4 Å². The van der Waals surface area contributed by atoms with Gasteiger partial charge in [-0.1, -0.05) is 12.1 Å². The fraction of sp³-hybridized carbons (Fsp3) is 0.200. The summed E-state index contributed by atoms with van der Waals surface area (Å²) in [6, 6.07) is 6.42. The smallest absolute Gasteiger partial charge is 0.387 e. The van der Waals surface area contributed by atoms with Gasteiger partial charge in [-0.3, -0.25) is 0 Å². The number of para-hydroxylation sites is 2. The SMILES string of the molecule is Cc1ncn(-c2ccccc2OC(F)F)n1. The second kappa shape index (κ2) is 4.26. The Kier molecular flexibility index (Phi) is 2.80. The average Bonchev–Trinajstić information content (AvgIpc) is 2.65. The molecule has 0 bridgehead atoms. The molecular formula is C10H9F2N3O. The Balaban J connectivity index is 2.40. The highest BCUT2D eigenvalue weighted by molar-refractivity contribution is 5.45. The minimum Gasteiger partial charge on any atom is -0.433 e. The number of rotatable bonds is 3. The van der Waals surface area contributed by atoms with E-state index in [-0.39, 0.29) is 5.75 Å². The van der Waals surface area contributed by atoms with Gasteiger partial charge in [-0.2, -0.15) is 13.9 Å². The fourth-order valence-corrected chi connectivity index (χ4v) is 1.30. The van der Waals surface area contributed by atoms with E-state index in [9.17, 15) is 8.78 Å². The van der Waals surface area contributed by atoms with E-state index in [0.29, 0.717) is 11.5 Å². The van der Waals surface area contributed by atoms with Crippen molar-refractivity contribution in [2.75, 3.05) is 0 Å². The van der Waals surface area contributed by atoms with Crippen molar-refractivity contribution in [3.8, 4) is 11.4 Å². The lowest BCUT2D eigenvalue weighted by Crippen LogP contribution is -2.06. The summed E-state index contributed by atoms with van der Waals surface area (Å²) >= 11 is 0. The monoisotopic (exact) mass is 225 g/mol. The summed E-state index contributed by atoms with van der Waals surface area (Å²) in [6.07, 6.45) is 1.45. The molecule has 1 aromatic carbocycles. The molecule has 0 spiro atoms. The molecule has 0 aliphatic rings. The molecule has 0 fully saturated rings. The molecule has 0 unspecified atom stereocenters. The van der Waals surface area contributed by atoms with Crippen LogP contribution in [0.5, 0.6) is 5.75 Å². The van der Waals surface area contributed by atoms with Crippen molar-refractivity contribution in [2.45, 2.75) is 13.5 Å². The van der Waals surface area contributed by atoms with E-state index in [4.69, 9.17) is 0 Å². The van der Waals surface area contributed by atoms with Gasteiger partial charge in [0, 0.05) is 0 Å². The number of halogens is 2. The number of hydrogen-bond donors (Lipinski definition) is 0. The van der Waals surface area contributed by atoms with Gasteiger partial charge >= 0.3 is 6.61 Å². The van der Waals surface area contributed by atoms with Gasteiger partial charge in [-0.05, 0) is 19.1 Å². The first-order valence-electron chi connectivity index (χ1n) is 4.59. The Hall–Kier alpha value is -1.98. The topological polar surface area (TPSA) is 39.9 Å². The van der Waals surface area contributed by atoms with Crippen LogP contribution >= 0.6 is 0 Å². The summed E-state index contributed by atoms with van der Waals surface area (Å²) in [5.74, 6) is 0.634.